The smallest absolute Gasteiger partial charge is 0.229 e. The van der Waals surface area contributed by atoms with Gasteiger partial charge >= 0.3 is 0 Å². The van der Waals surface area contributed by atoms with Crippen LogP contribution in [0.1, 0.15) is 36.9 Å². The normalized spacial score (nSPS) is 15.4. The molecule has 0 spiro atoms. The summed E-state index contributed by atoms with van der Waals surface area (Å²) >= 11 is 7.24. The number of hydrogen-bond donors (Lipinski definition) is 0. The van der Waals surface area contributed by atoms with Crippen LogP contribution in [0.25, 0.3) is 0 Å². The van der Waals surface area contributed by atoms with Crippen LogP contribution in [-0.2, 0) is 17.1 Å². The minimum atomic E-state index is 0.194. The highest BCUT2D eigenvalue weighted by molar-refractivity contribution is 7.09. The maximum atomic E-state index is 12.2. The number of carbonyl (C=O) groups excluding carboxylic acids is 1. The van der Waals surface area contributed by atoms with Gasteiger partial charge in [0.1, 0.15) is 5.01 Å². The molecule has 0 saturated heterocycles. The summed E-state index contributed by atoms with van der Waals surface area (Å²) in [5, 5.41) is 2.81. The Morgan fingerprint density at radius 1 is 1.61 bits per heavy atom. The van der Waals surface area contributed by atoms with E-state index in [4.69, 9.17) is 11.6 Å². The number of halogens is 1. The molecule has 100 valence electrons. The third-order valence-corrected chi connectivity index (χ3v) is 4.65. The van der Waals surface area contributed by atoms with Gasteiger partial charge in [-0.25, -0.2) is 4.98 Å². The number of rotatable bonds is 6. The summed E-state index contributed by atoms with van der Waals surface area (Å²) < 4.78 is 0. The van der Waals surface area contributed by atoms with E-state index in [2.05, 4.69) is 4.98 Å². The standard InChI is InChI=1S/C13H19ClN2OS/c1-2-16(8-10-4-3-5-10)13(17)6-12-15-11(7-14)9-18-12/h9-10H,2-8H2,1H3. The minimum absolute atomic E-state index is 0.194. The van der Waals surface area contributed by atoms with Crippen LogP contribution in [-0.4, -0.2) is 28.9 Å². The largest absolute Gasteiger partial charge is 0.342 e. The Morgan fingerprint density at radius 2 is 2.39 bits per heavy atom. The fraction of sp³-hybridized carbons (Fsp3) is 0.692. The van der Waals surface area contributed by atoms with Crippen molar-refractivity contribution in [1.82, 2.24) is 9.88 Å². The van der Waals surface area contributed by atoms with Gasteiger partial charge in [0.15, 0.2) is 0 Å². The Bertz CT molecular complexity index is 403. The summed E-state index contributed by atoms with van der Waals surface area (Å²) in [4.78, 5) is 18.5. The number of hydrogen-bond acceptors (Lipinski definition) is 3. The number of nitrogens with zero attached hydrogens (tertiary/aromatic N) is 2. The SMILES string of the molecule is CCN(CC1CCC1)C(=O)Cc1nc(CCl)cs1. The van der Waals surface area contributed by atoms with Crippen LogP contribution in [0.5, 0.6) is 0 Å². The van der Waals surface area contributed by atoms with E-state index in [9.17, 15) is 4.79 Å². The first-order chi connectivity index (χ1) is 8.72. The fourth-order valence-corrected chi connectivity index (χ4v) is 3.14. The van der Waals surface area contributed by atoms with E-state index in [1.807, 2.05) is 17.2 Å². The van der Waals surface area contributed by atoms with Crippen LogP contribution in [0.3, 0.4) is 0 Å². The minimum Gasteiger partial charge on any atom is -0.342 e. The van der Waals surface area contributed by atoms with Crippen molar-refractivity contribution in [3.8, 4) is 0 Å². The zero-order valence-corrected chi connectivity index (χ0v) is 12.3. The summed E-state index contributed by atoms with van der Waals surface area (Å²) in [6.45, 7) is 3.76. The second-order valence-corrected chi connectivity index (χ2v) is 5.98. The maximum Gasteiger partial charge on any atom is 0.229 e. The lowest BCUT2D eigenvalue weighted by atomic mass is 9.85. The van der Waals surface area contributed by atoms with Crippen LogP contribution >= 0.6 is 22.9 Å². The van der Waals surface area contributed by atoms with E-state index in [0.717, 1.165) is 29.7 Å². The third kappa shape index (κ3) is 3.45. The van der Waals surface area contributed by atoms with Crippen molar-refractivity contribution in [2.45, 2.75) is 38.5 Å². The number of likely N-dealkylation sites (N-methyl/N-ethyl adjacent to an activating group) is 1. The van der Waals surface area contributed by atoms with Crippen LogP contribution < -0.4 is 0 Å². The Balaban J connectivity index is 1.87. The Hall–Kier alpha value is -0.610. The van der Waals surface area contributed by atoms with Crippen molar-refractivity contribution in [3.63, 3.8) is 0 Å². The molecule has 0 radical (unpaired) electrons. The fourth-order valence-electron chi connectivity index (χ4n) is 2.13. The lowest BCUT2D eigenvalue weighted by molar-refractivity contribution is -0.131. The van der Waals surface area contributed by atoms with E-state index in [0.29, 0.717) is 12.3 Å². The van der Waals surface area contributed by atoms with Crippen molar-refractivity contribution < 1.29 is 4.79 Å². The van der Waals surface area contributed by atoms with Gasteiger partial charge in [-0.1, -0.05) is 6.42 Å². The molecule has 1 aliphatic rings. The molecule has 0 aliphatic heterocycles. The molecule has 18 heavy (non-hydrogen) atoms. The van der Waals surface area contributed by atoms with Gasteiger partial charge in [-0.2, -0.15) is 0 Å². The molecular weight excluding hydrogens is 268 g/mol. The summed E-state index contributed by atoms with van der Waals surface area (Å²) in [6, 6.07) is 0. The Labute approximate surface area is 117 Å². The quantitative estimate of drug-likeness (QED) is 0.753. The molecule has 0 atom stereocenters. The second kappa shape index (κ2) is 6.53. The molecule has 0 unspecified atom stereocenters. The van der Waals surface area contributed by atoms with Crippen molar-refractivity contribution in [2.24, 2.45) is 5.92 Å². The highest BCUT2D eigenvalue weighted by Crippen LogP contribution is 2.27. The Morgan fingerprint density at radius 3 is 2.89 bits per heavy atom. The summed E-state index contributed by atoms with van der Waals surface area (Å²) in [7, 11) is 0. The summed E-state index contributed by atoms with van der Waals surface area (Å²) in [6.07, 6.45) is 4.29. The lowest BCUT2D eigenvalue weighted by Gasteiger charge is -2.31. The Kier molecular flexibility index (Phi) is 5.01. The van der Waals surface area contributed by atoms with Gasteiger partial charge in [-0.15, -0.1) is 22.9 Å². The van der Waals surface area contributed by atoms with Crippen molar-refractivity contribution in [2.75, 3.05) is 13.1 Å². The van der Waals surface area contributed by atoms with E-state index < -0.39 is 0 Å². The van der Waals surface area contributed by atoms with Crippen molar-refractivity contribution >= 4 is 28.8 Å². The lowest BCUT2D eigenvalue weighted by Crippen LogP contribution is -2.38. The zero-order chi connectivity index (χ0) is 13.0. The molecule has 1 fully saturated rings. The topological polar surface area (TPSA) is 33.2 Å². The molecule has 1 aromatic rings. The van der Waals surface area contributed by atoms with E-state index in [1.54, 1.807) is 0 Å². The van der Waals surface area contributed by atoms with Gasteiger partial charge < -0.3 is 4.90 Å². The van der Waals surface area contributed by atoms with Gasteiger partial charge in [0.25, 0.3) is 0 Å². The van der Waals surface area contributed by atoms with Crippen molar-refractivity contribution in [3.05, 3.63) is 16.1 Å². The van der Waals surface area contributed by atoms with Gasteiger partial charge in [-0.05, 0) is 25.7 Å². The summed E-state index contributed by atoms with van der Waals surface area (Å²) in [5.41, 5.74) is 0.867. The first-order valence-electron chi connectivity index (χ1n) is 6.50. The zero-order valence-electron chi connectivity index (χ0n) is 10.7. The molecule has 0 N–H and O–H groups in total. The highest BCUT2D eigenvalue weighted by Gasteiger charge is 2.23. The number of alkyl halides is 1. The highest BCUT2D eigenvalue weighted by atomic mass is 35.5. The first-order valence-corrected chi connectivity index (χ1v) is 7.91. The molecule has 0 bridgehead atoms. The average molecular weight is 287 g/mol. The first kappa shape index (κ1) is 13.8. The van der Waals surface area contributed by atoms with Gasteiger partial charge in [0.05, 0.1) is 18.0 Å². The molecule has 5 heteroatoms. The van der Waals surface area contributed by atoms with Crippen LogP contribution in [0.4, 0.5) is 0 Å². The molecule has 0 aromatic carbocycles. The van der Waals surface area contributed by atoms with Gasteiger partial charge in [0.2, 0.25) is 5.91 Å². The molecule has 1 heterocycles. The summed E-state index contributed by atoms with van der Waals surface area (Å²) in [5.74, 6) is 1.34. The van der Waals surface area contributed by atoms with Crippen LogP contribution in [0.15, 0.2) is 5.38 Å². The maximum absolute atomic E-state index is 12.2. The third-order valence-electron chi connectivity index (χ3n) is 3.48. The molecule has 2 rings (SSSR count). The average Bonchev–Trinajstić information content (AvgIpc) is 2.75. The number of thiazole rings is 1. The molecule has 1 aliphatic carbocycles. The van der Waals surface area contributed by atoms with E-state index in [1.165, 1.54) is 30.6 Å². The number of aromatic nitrogens is 1. The van der Waals surface area contributed by atoms with Crippen LogP contribution in [0.2, 0.25) is 0 Å². The molecule has 1 amide bonds. The predicted molar refractivity (Wildman–Crippen MR) is 75.0 cm³/mol. The molecule has 1 saturated carbocycles. The van der Waals surface area contributed by atoms with Crippen molar-refractivity contribution in [1.29, 1.82) is 0 Å². The number of carbonyl (C=O) groups is 1. The molecular formula is C13H19ClN2OS. The van der Waals surface area contributed by atoms with E-state index >= 15 is 0 Å². The van der Waals surface area contributed by atoms with E-state index in [-0.39, 0.29) is 5.91 Å². The van der Waals surface area contributed by atoms with Gasteiger partial charge in [-0.3, -0.25) is 4.79 Å². The predicted octanol–water partition coefficient (Wildman–Crippen LogP) is 3.07. The monoisotopic (exact) mass is 286 g/mol. The molecule has 3 nitrogen and oxygen atoms in total. The second-order valence-electron chi connectivity index (χ2n) is 4.77. The van der Waals surface area contributed by atoms with Gasteiger partial charge in [0, 0.05) is 18.5 Å². The molecule has 1 aromatic heterocycles. The van der Waals surface area contributed by atoms with Crippen LogP contribution in [0, 0.1) is 5.92 Å². The number of amides is 1.